The molecular formula is C18H16F3N5O. The van der Waals surface area contributed by atoms with Gasteiger partial charge in [0, 0.05) is 0 Å². The highest BCUT2D eigenvalue weighted by atomic mass is 19.2. The average molecular weight is 375 g/mol. The van der Waals surface area contributed by atoms with E-state index in [1.54, 1.807) is 12.1 Å². The first-order chi connectivity index (χ1) is 12.9. The molecule has 0 fully saturated rings. The minimum Gasteiger partial charge on any atom is -0.489 e. The zero-order valence-electron chi connectivity index (χ0n) is 14.5. The third kappa shape index (κ3) is 4.43. The van der Waals surface area contributed by atoms with Gasteiger partial charge in [0.15, 0.2) is 23.3 Å². The van der Waals surface area contributed by atoms with Crippen molar-refractivity contribution in [3.8, 4) is 5.75 Å². The Kier molecular flexibility index (Phi) is 5.39. The van der Waals surface area contributed by atoms with Gasteiger partial charge in [0.25, 0.3) is 0 Å². The van der Waals surface area contributed by atoms with Crippen LogP contribution in [0.5, 0.6) is 5.75 Å². The van der Waals surface area contributed by atoms with Gasteiger partial charge in [0.1, 0.15) is 5.75 Å². The topological polar surface area (TPSA) is 72.0 Å². The molecule has 6 nitrogen and oxygen atoms in total. The molecule has 1 heterocycles. The van der Waals surface area contributed by atoms with E-state index in [0.29, 0.717) is 17.3 Å². The first kappa shape index (κ1) is 18.4. The van der Waals surface area contributed by atoms with Gasteiger partial charge in [0.05, 0.1) is 23.7 Å². The Morgan fingerprint density at radius 1 is 0.926 bits per heavy atom. The molecule has 0 saturated carbocycles. The summed E-state index contributed by atoms with van der Waals surface area (Å²) in [6.45, 7) is 3.81. The number of ether oxygens (including phenoxy) is 1. The zero-order valence-corrected chi connectivity index (χ0v) is 14.5. The number of halogens is 3. The maximum Gasteiger partial charge on any atom is 0.249 e. The Morgan fingerprint density at radius 3 is 2.48 bits per heavy atom. The quantitative estimate of drug-likeness (QED) is 0.615. The van der Waals surface area contributed by atoms with Crippen LogP contribution in [0.1, 0.15) is 13.8 Å². The van der Waals surface area contributed by atoms with Gasteiger partial charge in [0.2, 0.25) is 5.95 Å². The second-order valence-electron chi connectivity index (χ2n) is 5.80. The van der Waals surface area contributed by atoms with E-state index in [4.69, 9.17) is 4.74 Å². The summed E-state index contributed by atoms with van der Waals surface area (Å²) < 4.78 is 45.9. The number of rotatable bonds is 6. The predicted octanol–water partition coefficient (Wildman–Crippen LogP) is 4.56. The Morgan fingerprint density at radius 2 is 1.70 bits per heavy atom. The summed E-state index contributed by atoms with van der Waals surface area (Å²) in [5.74, 6) is -3.40. The van der Waals surface area contributed by atoms with E-state index in [-0.39, 0.29) is 17.7 Å². The Hall–Kier alpha value is -3.36. The van der Waals surface area contributed by atoms with Crippen LogP contribution >= 0.6 is 0 Å². The fraction of sp³-hybridized carbons (Fsp3) is 0.167. The van der Waals surface area contributed by atoms with Gasteiger partial charge in [-0.15, -0.1) is 5.10 Å². The number of hydrogen-bond donors (Lipinski definition) is 2. The van der Waals surface area contributed by atoms with Crippen molar-refractivity contribution in [3.05, 3.63) is 60.0 Å². The molecule has 140 valence electrons. The summed E-state index contributed by atoms with van der Waals surface area (Å²) in [6.07, 6.45) is 1.34. The largest absolute Gasteiger partial charge is 0.489 e. The van der Waals surface area contributed by atoms with E-state index < -0.39 is 17.5 Å². The molecular weight excluding hydrogens is 359 g/mol. The molecule has 0 aliphatic heterocycles. The summed E-state index contributed by atoms with van der Waals surface area (Å²) in [6, 6.07) is 9.09. The Bertz CT molecular complexity index is 952. The van der Waals surface area contributed by atoms with Gasteiger partial charge in [-0.2, -0.15) is 10.1 Å². The molecule has 2 N–H and O–H groups in total. The van der Waals surface area contributed by atoms with Crippen molar-refractivity contribution >= 4 is 23.1 Å². The Labute approximate surface area is 153 Å². The SMILES string of the molecule is CC(C)Oc1ccccc1Nc1cnnc(Nc2ccc(F)c(F)c2F)n1. The number of para-hydroxylation sites is 2. The number of nitrogens with one attached hydrogen (secondary N) is 2. The van der Waals surface area contributed by atoms with Crippen molar-refractivity contribution < 1.29 is 17.9 Å². The number of benzene rings is 2. The van der Waals surface area contributed by atoms with Crippen molar-refractivity contribution in [2.45, 2.75) is 20.0 Å². The summed E-state index contributed by atoms with van der Waals surface area (Å²) in [4.78, 5) is 4.14. The maximum atomic E-state index is 13.8. The lowest BCUT2D eigenvalue weighted by Crippen LogP contribution is -2.08. The first-order valence-corrected chi connectivity index (χ1v) is 8.07. The lowest BCUT2D eigenvalue weighted by molar-refractivity contribution is 0.244. The zero-order chi connectivity index (χ0) is 19.4. The first-order valence-electron chi connectivity index (χ1n) is 8.07. The fourth-order valence-electron chi connectivity index (χ4n) is 2.22. The minimum absolute atomic E-state index is 0.0231. The molecule has 0 bridgehead atoms. The normalized spacial score (nSPS) is 10.7. The highest BCUT2D eigenvalue weighted by Gasteiger charge is 2.15. The van der Waals surface area contributed by atoms with Crippen LogP contribution in [0.2, 0.25) is 0 Å². The maximum absolute atomic E-state index is 13.8. The van der Waals surface area contributed by atoms with Gasteiger partial charge in [-0.3, -0.25) is 0 Å². The van der Waals surface area contributed by atoms with E-state index in [2.05, 4.69) is 25.8 Å². The standard InChI is InChI=1S/C18H16F3N5O/c1-10(2)27-14-6-4-3-5-12(14)23-15-9-22-26-18(25-15)24-13-8-7-11(19)16(20)17(13)21/h3-10H,1-2H3,(H2,23,24,25,26). The van der Waals surface area contributed by atoms with Crippen molar-refractivity contribution in [1.82, 2.24) is 15.2 Å². The van der Waals surface area contributed by atoms with E-state index >= 15 is 0 Å². The fourth-order valence-corrected chi connectivity index (χ4v) is 2.22. The number of anilines is 4. The van der Waals surface area contributed by atoms with E-state index in [1.807, 2.05) is 26.0 Å². The predicted molar refractivity (Wildman–Crippen MR) is 94.9 cm³/mol. The van der Waals surface area contributed by atoms with Crippen molar-refractivity contribution in [3.63, 3.8) is 0 Å². The molecule has 3 aromatic rings. The van der Waals surface area contributed by atoms with Crippen LogP contribution in [0.25, 0.3) is 0 Å². The molecule has 0 unspecified atom stereocenters. The summed E-state index contributed by atoms with van der Waals surface area (Å²) in [7, 11) is 0. The molecule has 1 aromatic heterocycles. The van der Waals surface area contributed by atoms with Crippen LogP contribution in [0.3, 0.4) is 0 Å². The van der Waals surface area contributed by atoms with Gasteiger partial charge < -0.3 is 15.4 Å². The van der Waals surface area contributed by atoms with Crippen molar-refractivity contribution in [1.29, 1.82) is 0 Å². The van der Waals surface area contributed by atoms with E-state index in [9.17, 15) is 13.2 Å². The molecule has 0 radical (unpaired) electrons. The molecule has 0 spiro atoms. The van der Waals surface area contributed by atoms with Crippen molar-refractivity contribution in [2.75, 3.05) is 10.6 Å². The molecule has 27 heavy (non-hydrogen) atoms. The number of nitrogens with zero attached hydrogens (tertiary/aromatic N) is 3. The van der Waals surface area contributed by atoms with Crippen LogP contribution < -0.4 is 15.4 Å². The molecule has 3 rings (SSSR count). The highest BCUT2D eigenvalue weighted by molar-refractivity contribution is 5.64. The third-order valence-electron chi connectivity index (χ3n) is 3.35. The van der Waals surface area contributed by atoms with E-state index in [1.165, 1.54) is 6.20 Å². The molecule has 0 aliphatic rings. The molecule has 9 heteroatoms. The minimum atomic E-state index is -1.58. The van der Waals surface area contributed by atoms with Gasteiger partial charge in [-0.25, -0.2) is 13.2 Å². The van der Waals surface area contributed by atoms with Gasteiger partial charge in [-0.1, -0.05) is 12.1 Å². The van der Waals surface area contributed by atoms with E-state index in [0.717, 1.165) is 12.1 Å². The highest BCUT2D eigenvalue weighted by Crippen LogP contribution is 2.28. The molecule has 0 atom stereocenters. The third-order valence-corrected chi connectivity index (χ3v) is 3.35. The van der Waals surface area contributed by atoms with Gasteiger partial charge in [-0.05, 0) is 38.1 Å². The van der Waals surface area contributed by atoms with Crippen LogP contribution in [0, 0.1) is 17.5 Å². The molecule has 0 saturated heterocycles. The van der Waals surface area contributed by atoms with Crippen LogP contribution in [0.15, 0.2) is 42.6 Å². The summed E-state index contributed by atoms with van der Waals surface area (Å²) in [5, 5.41) is 13.0. The van der Waals surface area contributed by atoms with Crippen LogP contribution in [-0.4, -0.2) is 21.3 Å². The summed E-state index contributed by atoms with van der Waals surface area (Å²) >= 11 is 0. The molecule has 0 amide bonds. The van der Waals surface area contributed by atoms with Crippen LogP contribution in [0.4, 0.5) is 36.3 Å². The van der Waals surface area contributed by atoms with Crippen molar-refractivity contribution in [2.24, 2.45) is 0 Å². The lowest BCUT2D eigenvalue weighted by Gasteiger charge is -2.15. The molecule has 2 aromatic carbocycles. The van der Waals surface area contributed by atoms with Crippen LogP contribution in [-0.2, 0) is 0 Å². The Balaban J connectivity index is 1.82. The lowest BCUT2D eigenvalue weighted by atomic mass is 10.3. The second kappa shape index (κ2) is 7.90. The number of hydrogen-bond acceptors (Lipinski definition) is 6. The number of aromatic nitrogens is 3. The second-order valence-corrected chi connectivity index (χ2v) is 5.80. The molecule has 0 aliphatic carbocycles. The average Bonchev–Trinajstić information content (AvgIpc) is 2.64. The summed E-state index contributed by atoms with van der Waals surface area (Å²) in [5.41, 5.74) is 0.341. The van der Waals surface area contributed by atoms with Gasteiger partial charge >= 0.3 is 0 Å². The monoisotopic (exact) mass is 375 g/mol. The smallest absolute Gasteiger partial charge is 0.249 e.